The maximum atomic E-state index is 12.6. The molecule has 9 heteroatoms. The van der Waals surface area contributed by atoms with Gasteiger partial charge in [-0.3, -0.25) is 19.8 Å². The number of ether oxygens (including phenoxy) is 2. The van der Waals surface area contributed by atoms with E-state index in [1.165, 1.54) is 7.11 Å². The predicted octanol–water partition coefficient (Wildman–Crippen LogP) is 2.18. The summed E-state index contributed by atoms with van der Waals surface area (Å²) in [5, 5.41) is 0. The van der Waals surface area contributed by atoms with Crippen molar-refractivity contribution in [2.75, 3.05) is 12.0 Å². The second-order valence-corrected chi connectivity index (χ2v) is 7.29. The minimum Gasteiger partial charge on any atom is -0.497 e. The van der Waals surface area contributed by atoms with Crippen LogP contribution in [0, 0.1) is 0 Å². The fraction of sp³-hybridized carbons (Fsp3) is 0.250. The molecule has 0 aromatic heterocycles. The number of hydrogen-bond donors (Lipinski definition) is 2. The molecular weight excluding hydrogens is 442 g/mol. The van der Waals surface area contributed by atoms with Crippen molar-refractivity contribution in [3.63, 3.8) is 0 Å². The third kappa shape index (κ3) is 4.93. The van der Waals surface area contributed by atoms with Gasteiger partial charge in [0.15, 0.2) is 6.10 Å². The molecule has 2 aromatic rings. The van der Waals surface area contributed by atoms with E-state index in [9.17, 15) is 14.4 Å². The van der Waals surface area contributed by atoms with Crippen molar-refractivity contribution in [3.05, 3.63) is 53.0 Å². The number of carbonyl (C=O) groups is 3. The molecule has 0 radical (unpaired) electrons. The number of anilines is 1. The number of rotatable bonds is 7. The van der Waals surface area contributed by atoms with Crippen LogP contribution in [0.3, 0.4) is 0 Å². The largest absolute Gasteiger partial charge is 0.497 e. The van der Waals surface area contributed by atoms with Gasteiger partial charge in [-0.05, 0) is 49.4 Å². The molecule has 152 valence electrons. The van der Waals surface area contributed by atoms with E-state index in [1.54, 1.807) is 49.4 Å². The van der Waals surface area contributed by atoms with E-state index >= 15 is 0 Å². The number of hydrazine groups is 1. The Kier molecular flexibility index (Phi) is 6.50. The van der Waals surface area contributed by atoms with Crippen LogP contribution in [0.1, 0.15) is 13.3 Å². The number of nitrogens with one attached hydrogen (secondary N) is 2. The highest BCUT2D eigenvalue weighted by Crippen LogP contribution is 2.25. The smallest absolute Gasteiger partial charge is 0.274 e. The van der Waals surface area contributed by atoms with Crippen LogP contribution >= 0.6 is 15.9 Å². The molecule has 8 nitrogen and oxygen atoms in total. The first-order chi connectivity index (χ1) is 13.9. The van der Waals surface area contributed by atoms with Gasteiger partial charge in [0.1, 0.15) is 17.5 Å². The van der Waals surface area contributed by atoms with Crippen LogP contribution in [0.25, 0.3) is 0 Å². The van der Waals surface area contributed by atoms with E-state index in [1.807, 2.05) is 6.07 Å². The normalized spacial score (nSPS) is 17.2. The number of hydrogen-bond acceptors (Lipinski definition) is 6. The van der Waals surface area contributed by atoms with Crippen molar-refractivity contribution >= 4 is 39.3 Å². The standard InChI is InChI=1S/C20H20BrN3O5/c1-12(29-16-5-3-4-13(21)10-16)19(26)23-22-17-11-18(25)24(20(17)27)14-6-8-15(28-2)9-7-14/h3-10,12,17,22H,11H2,1-2H3,(H,23,26). The van der Waals surface area contributed by atoms with E-state index in [0.29, 0.717) is 17.2 Å². The van der Waals surface area contributed by atoms with Crippen molar-refractivity contribution in [1.82, 2.24) is 10.9 Å². The first-order valence-electron chi connectivity index (χ1n) is 8.87. The average Bonchev–Trinajstić information content (AvgIpc) is 2.99. The third-order valence-corrected chi connectivity index (χ3v) is 4.82. The summed E-state index contributed by atoms with van der Waals surface area (Å²) in [6, 6.07) is 12.8. The lowest BCUT2D eigenvalue weighted by Crippen LogP contribution is -2.51. The summed E-state index contributed by atoms with van der Waals surface area (Å²) < 4.78 is 11.5. The number of methoxy groups -OCH3 is 1. The quantitative estimate of drug-likeness (QED) is 0.484. The fourth-order valence-corrected chi connectivity index (χ4v) is 3.18. The van der Waals surface area contributed by atoms with Crippen LogP contribution < -0.4 is 25.2 Å². The molecule has 1 saturated heterocycles. The molecule has 0 saturated carbocycles. The van der Waals surface area contributed by atoms with E-state index in [0.717, 1.165) is 9.37 Å². The molecule has 1 fully saturated rings. The molecule has 29 heavy (non-hydrogen) atoms. The first kappa shape index (κ1) is 20.8. The van der Waals surface area contributed by atoms with Crippen LogP contribution in [-0.4, -0.2) is 37.0 Å². The maximum Gasteiger partial charge on any atom is 0.274 e. The fourth-order valence-electron chi connectivity index (χ4n) is 2.81. The van der Waals surface area contributed by atoms with E-state index in [2.05, 4.69) is 26.8 Å². The van der Waals surface area contributed by atoms with E-state index in [-0.39, 0.29) is 12.3 Å². The SMILES string of the molecule is COc1ccc(N2C(=O)CC(NNC(=O)C(C)Oc3cccc(Br)c3)C2=O)cc1. The molecule has 1 aliphatic heterocycles. The molecule has 3 rings (SSSR count). The Hall–Kier alpha value is -2.91. The van der Waals surface area contributed by atoms with E-state index in [4.69, 9.17) is 9.47 Å². The summed E-state index contributed by atoms with van der Waals surface area (Å²) in [5.74, 6) is -0.117. The Morgan fingerprint density at radius 1 is 1.17 bits per heavy atom. The lowest BCUT2D eigenvalue weighted by atomic mass is 10.2. The summed E-state index contributed by atoms with van der Waals surface area (Å²) in [5.41, 5.74) is 5.54. The third-order valence-electron chi connectivity index (χ3n) is 4.33. The van der Waals surface area contributed by atoms with Gasteiger partial charge in [-0.1, -0.05) is 22.0 Å². The minimum absolute atomic E-state index is 0.0635. The number of halogens is 1. The summed E-state index contributed by atoms with van der Waals surface area (Å²) in [6.07, 6.45) is -0.867. The van der Waals surface area contributed by atoms with Crippen molar-refractivity contribution in [1.29, 1.82) is 0 Å². The Morgan fingerprint density at radius 2 is 1.90 bits per heavy atom. The summed E-state index contributed by atoms with van der Waals surface area (Å²) in [4.78, 5) is 38.3. The Morgan fingerprint density at radius 3 is 2.55 bits per heavy atom. The topological polar surface area (TPSA) is 97.0 Å². The molecule has 1 aliphatic rings. The molecule has 0 bridgehead atoms. The monoisotopic (exact) mass is 461 g/mol. The lowest BCUT2D eigenvalue weighted by Gasteiger charge is -2.18. The molecular formula is C20H20BrN3O5. The van der Waals surface area contributed by atoms with Crippen molar-refractivity contribution in [3.8, 4) is 11.5 Å². The van der Waals surface area contributed by atoms with Gasteiger partial charge in [-0.25, -0.2) is 10.3 Å². The highest BCUT2D eigenvalue weighted by atomic mass is 79.9. The zero-order chi connectivity index (χ0) is 21.0. The van der Waals surface area contributed by atoms with Gasteiger partial charge < -0.3 is 9.47 Å². The molecule has 1 heterocycles. The molecule has 3 amide bonds. The van der Waals surface area contributed by atoms with Crippen LogP contribution in [0.15, 0.2) is 53.0 Å². The van der Waals surface area contributed by atoms with Crippen LogP contribution in [0.4, 0.5) is 5.69 Å². The second-order valence-electron chi connectivity index (χ2n) is 6.37. The van der Waals surface area contributed by atoms with E-state index < -0.39 is 24.0 Å². The number of nitrogens with zero attached hydrogens (tertiary/aromatic N) is 1. The molecule has 2 atom stereocenters. The summed E-state index contributed by atoms with van der Waals surface area (Å²) in [6.45, 7) is 1.59. The average molecular weight is 462 g/mol. The lowest BCUT2D eigenvalue weighted by molar-refractivity contribution is -0.129. The maximum absolute atomic E-state index is 12.6. The number of benzene rings is 2. The number of imide groups is 1. The van der Waals surface area contributed by atoms with Crippen LogP contribution in [0.2, 0.25) is 0 Å². The molecule has 2 N–H and O–H groups in total. The predicted molar refractivity (Wildman–Crippen MR) is 109 cm³/mol. The van der Waals surface area contributed by atoms with Gasteiger partial charge in [0, 0.05) is 4.47 Å². The summed E-state index contributed by atoms with van der Waals surface area (Å²) in [7, 11) is 1.53. The molecule has 0 spiro atoms. The zero-order valence-electron chi connectivity index (χ0n) is 15.8. The van der Waals surface area contributed by atoms with Gasteiger partial charge in [-0.2, -0.15) is 0 Å². The van der Waals surface area contributed by atoms with Gasteiger partial charge >= 0.3 is 0 Å². The highest BCUT2D eigenvalue weighted by Gasteiger charge is 2.39. The van der Waals surface area contributed by atoms with Gasteiger partial charge in [0.25, 0.3) is 11.8 Å². The molecule has 2 unspecified atom stereocenters. The Bertz CT molecular complexity index is 919. The first-order valence-corrected chi connectivity index (χ1v) is 9.67. The molecule has 0 aliphatic carbocycles. The van der Waals surface area contributed by atoms with Gasteiger partial charge in [-0.15, -0.1) is 0 Å². The van der Waals surface area contributed by atoms with Crippen molar-refractivity contribution in [2.24, 2.45) is 0 Å². The number of amides is 3. The van der Waals surface area contributed by atoms with Crippen LogP contribution in [-0.2, 0) is 14.4 Å². The molecule has 2 aromatic carbocycles. The Labute approximate surface area is 176 Å². The second kappa shape index (κ2) is 9.06. The highest BCUT2D eigenvalue weighted by molar-refractivity contribution is 9.10. The van der Waals surface area contributed by atoms with Crippen molar-refractivity contribution in [2.45, 2.75) is 25.5 Å². The zero-order valence-corrected chi connectivity index (χ0v) is 17.4. The van der Waals surface area contributed by atoms with Gasteiger partial charge in [0.05, 0.1) is 19.2 Å². The summed E-state index contributed by atoms with van der Waals surface area (Å²) >= 11 is 3.34. The minimum atomic E-state index is -0.855. The van der Waals surface area contributed by atoms with Crippen LogP contribution in [0.5, 0.6) is 11.5 Å². The number of carbonyl (C=O) groups excluding carboxylic acids is 3. The Balaban J connectivity index is 1.57. The van der Waals surface area contributed by atoms with Gasteiger partial charge in [0.2, 0.25) is 5.91 Å². The van der Waals surface area contributed by atoms with Crippen molar-refractivity contribution < 1.29 is 23.9 Å².